The van der Waals surface area contributed by atoms with Gasteiger partial charge in [0.25, 0.3) is 0 Å². The Morgan fingerprint density at radius 3 is 2.55 bits per heavy atom. The highest BCUT2D eigenvalue weighted by Gasteiger charge is 2.32. The van der Waals surface area contributed by atoms with Gasteiger partial charge in [0.1, 0.15) is 0 Å². The second-order valence-electron chi connectivity index (χ2n) is 9.31. The van der Waals surface area contributed by atoms with Crippen molar-refractivity contribution in [3.05, 3.63) is 58.9 Å². The Hall–Kier alpha value is -3.13. The fourth-order valence-electron chi connectivity index (χ4n) is 4.95. The van der Waals surface area contributed by atoms with Crippen LogP contribution in [-0.4, -0.2) is 58.1 Å². The molecule has 0 N–H and O–H groups in total. The minimum Gasteiger partial charge on any atom is -0.454 e. The zero-order chi connectivity index (χ0) is 22.9. The van der Waals surface area contributed by atoms with E-state index in [9.17, 15) is 0 Å². The summed E-state index contributed by atoms with van der Waals surface area (Å²) >= 11 is 0. The van der Waals surface area contributed by atoms with Crippen molar-refractivity contribution < 1.29 is 9.47 Å². The molecule has 0 spiro atoms. The predicted octanol–water partition coefficient (Wildman–Crippen LogP) is 3.59. The van der Waals surface area contributed by atoms with E-state index in [1.54, 1.807) is 0 Å². The van der Waals surface area contributed by atoms with E-state index in [0.717, 1.165) is 49.1 Å². The second-order valence-corrected chi connectivity index (χ2v) is 9.31. The summed E-state index contributed by atoms with van der Waals surface area (Å²) in [5, 5.41) is 12.9. The number of aryl methyl sites for hydroxylation is 1. The van der Waals surface area contributed by atoms with E-state index in [-0.39, 0.29) is 12.8 Å². The average Bonchev–Trinajstić information content (AvgIpc) is 3.46. The van der Waals surface area contributed by atoms with Crippen LogP contribution in [0.5, 0.6) is 11.5 Å². The first-order valence-corrected chi connectivity index (χ1v) is 11.7. The molecule has 33 heavy (non-hydrogen) atoms. The van der Waals surface area contributed by atoms with Gasteiger partial charge in [0.2, 0.25) is 6.79 Å². The third-order valence-electron chi connectivity index (χ3n) is 6.85. The normalized spacial score (nSPS) is 17.1. The van der Waals surface area contributed by atoms with Crippen LogP contribution in [0.1, 0.15) is 42.4 Å². The number of ether oxygens (including phenoxy) is 2. The van der Waals surface area contributed by atoms with Gasteiger partial charge in [-0.15, -0.1) is 5.10 Å². The van der Waals surface area contributed by atoms with Crippen LogP contribution in [0.4, 0.5) is 5.69 Å². The van der Waals surface area contributed by atoms with Gasteiger partial charge >= 0.3 is 0 Å². The minimum atomic E-state index is 0.162. The zero-order valence-electron chi connectivity index (χ0n) is 19.9. The molecule has 5 rings (SSSR count). The maximum Gasteiger partial charge on any atom is 0.231 e. The fourth-order valence-corrected chi connectivity index (χ4v) is 4.95. The summed E-state index contributed by atoms with van der Waals surface area (Å²) in [6.45, 7) is 13.7. The molecule has 2 aliphatic rings. The lowest BCUT2D eigenvalue weighted by Crippen LogP contribution is -2.49. The van der Waals surface area contributed by atoms with E-state index in [2.05, 4.69) is 71.2 Å². The maximum absolute atomic E-state index is 5.54. The molecule has 174 valence electrons. The number of benzene rings is 2. The molecule has 8 heteroatoms. The molecular weight excluding hydrogens is 416 g/mol. The van der Waals surface area contributed by atoms with Crippen molar-refractivity contribution in [1.29, 1.82) is 0 Å². The molecule has 0 radical (unpaired) electrons. The molecular formula is C25H32N6O2. The molecule has 0 saturated carbocycles. The Labute approximate surface area is 195 Å². The Morgan fingerprint density at radius 2 is 1.76 bits per heavy atom. The van der Waals surface area contributed by atoms with Crippen LogP contribution < -0.4 is 14.4 Å². The highest BCUT2D eigenvalue weighted by Crippen LogP contribution is 2.34. The molecule has 1 aromatic heterocycles. The van der Waals surface area contributed by atoms with Gasteiger partial charge in [-0.05, 0) is 65.1 Å². The average molecular weight is 449 g/mol. The van der Waals surface area contributed by atoms with E-state index in [0.29, 0.717) is 12.5 Å². The Kier molecular flexibility index (Phi) is 5.93. The molecule has 8 nitrogen and oxygen atoms in total. The molecule has 0 amide bonds. The zero-order valence-corrected chi connectivity index (χ0v) is 19.9. The van der Waals surface area contributed by atoms with Crippen molar-refractivity contribution in [3.8, 4) is 11.5 Å². The first-order chi connectivity index (χ1) is 16.0. The molecule has 3 aromatic rings. The molecule has 3 heterocycles. The van der Waals surface area contributed by atoms with Crippen molar-refractivity contribution >= 4 is 5.69 Å². The van der Waals surface area contributed by atoms with Crippen molar-refractivity contribution in [1.82, 2.24) is 25.1 Å². The summed E-state index contributed by atoms with van der Waals surface area (Å²) < 4.78 is 12.9. The van der Waals surface area contributed by atoms with Crippen molar-refractivity contribution in [3.63, 3.8) is 0 Å². The number of nitrogens with zero attached hydrogens (tertiary/aromatic N) is 6. The molecule has 1 atom stereocenters. The highest BCUT2D eigenvalue weighted by molar-refractivity contribution is 5.56. The van der Waals surface area contributed by atoms with Gasteiger partial charge in [-0.2, -0.15) is 0 Å². The van der Waals surface area contributed by atoms with E-state index < -0.39 is 0 Å². The van der Waals surface area contributed by atoms with Crippen LogP contribution in [0.2, 0.25) is 0 Å². The van der Waals surface area contributed by atoms with Gasteiger partial charge in [0.15, 0.2) is 17.3 Å². The summed E-state index contributed by atoms with van der Waals surface area (Å²) in [6, 6.07) is 12.8. The predicted molar refractivity (Wildman–Crippen MR) is 127 cm³/mol. The van der Waals surface area contributed by atoms with E-state index in [4.69, 9.17) is 9.47 Å². The SMILES string of the molecule is Cc1cccc(N2CCN(C(c3nnnn3Cc3ccc4c(c3)OCO4)C(C)C)CC2)c1C. The van der Waals surface area contributed by atoms with Crippen LogP contribution in [0.25, 0.3) is 0 Å². The van der Waals surface area contributed by atoms with Crippen molar-refractivity contribution in [2.45, 2.75) is 40.3 Å². The highest BCUT2D eigenvalue weighted by atomic mass is 16.7. The first kappa shape index (κ1) is 21.7. The molecule has 1 saturated heterocycles. The summed E-state index contributed by atoms with van der Waals surface area (Å²) in [7, 11) is 0. The monoisotopic (exact) mass is 448 g/mol. The van der Waals surface area contributed by atoms with Crippen molar-refractivity contribution in [2.75, 3.05) is 37.9 Å². The third kappa shape index (κ3) is 4.27. The van der Waals surface area contributed by atoms with E-state index in [1.807, 2.05) is 22.9 Å². The Balaban J connectivity index is 1.32. The van der Waals surface area contributed by atoms with E-state index >= 15 is 0 Å². The number of tetrazole rings is 1. The number of aromatic nitrogens is 4. The smallest absolute Gasteiger partial charge is 0.231 e. The van der Waals surface area contributed by atoms with Crippen LogP contribution in [-0.2, 0) is 6.54 Å². The number of rotatable bonds is 6. The number of piperazine rings is 1. The minimum absolute atomic E-state index is 0.162. The lowest BCUT2D eigenvalue weighted by molar-refractivity contribution is 0.135. The molecule has 1 unspecified atom stereocenters. The standard InChI is InChI=1S/C25H32N6O2/c1-17(2)24(30-12-10-29(11-13-30)21-7-5-6-18(3)19(21)4)25-26-27-28-31(25)15-20-8-9-22-23(14-20)33-16-32-22/h5-9,14,17,24H,10-13,15-16H2,1-4H3. The first-order valence-electron chi connectivity index (χ1n) is 11.7. The quantitative estimate of drug-likeness (QED) is 0.571. The summed E-state index contributed by atoms with van der Waals surface area (Å²) in [5.41, 5.74) is 5.16. The van der Waals surface area contributed by atoms with E-state index in [1.165, 1.54) is 16.8 Å². The van der Waals surface area contributed by atoms with Crippen molar-refractivity contribution in [2.24, 2.45) is 5.92 Å². The summed E-state index contributed by atoms with van der Waals surface area (Å²) in [5.74, 6) is 2.88. The lowest BCUT2D eigenvalue weighted by atomic mass is 10.00. The number of hydrogen-bond acceptors (Lipinski definition) is 7. The number of fused-ring (bicyclic) bond motifs is 1. The summed E-state index contributed by atoms with van der Waals surface area (Å²) in [4.78, 5) is 5.04. The molecule has 2 aromatic carbocycles. The fraction of sp³-hybridized carbons (Fsp3) is 0.480. The Bertz CT molecular complexity index is 1120. The van der Waals surface area contributed by atoms with Gasteiger partial charge < -0.3 is 14.4 Å². The number of hydrogen-bond donors (Lipinski definition) is 0. The largest absolute Gasteiger partial charge is 0.454 e. The number of anilines is 1. The topological polar surface area (TPSA) is 68.5 Å². The van der Waals surface area contributed by atoms with Crippen LogP contribution >= 0.6 is 0 Å². The second kappa shape index (κ2) is 9.02. The molecule has 0 aliphatic carbocycles. The van der Waals surface area contributed by atoms with Gasteiger partial charge in [-0.1, -0.05) is 32.0 Å². The van der Waals surface area contributed by atoms with Gasteiger partial charge in [0, 0.05) is 31.9 Å². The Morgan fingerprint density at radius 1 is 0.970 bits per heavy atom. The van der Waals surface area contributed by atoms with Gasteiger partial charge in [-0.25, -0.2) is 4.68 Å². The van der Waals surface area contributed by atoms with Gasteiger partial charge in [0.05, 0.1) is 12.6 Å². The third-order valence-corrected chi connectivity index (χ3v) is 6.85. The van der Waals surface area contributed by atoms with Crippen LogP contribution in [0.3, 0.4) is 0 Å². The molecule has 2 aliphatic heterocycles. The summed E-state index contributed by atoms with van der Waals surface area (Å²) in [6.07, 6.45) is 0. The molecule has 0 bridgehead atoms. The molecule has 1 fully saturated rings. The maximum atomic E-state index is 5.54. The van der Waals surface area contributed by atoms with Crippen LogP contribution in [0, 0.1) is 19.8 Å². The lowest BCUT2D eigenvalue weighted by Gasteiger charge is -2.41. The van der Waals surface area contributed by atoms with Gasteiger partial charge in [-0.3, -0.25) is 4.90 Å². The van der Waals surface area contributed by atoms with Crippen LogP contribution in [0.15, 0.2) is 36.4 Å².